The summed E-state index contributed by atoms with van der Waals surface area (Å²) in [6, 6.07) is -0.780. The van der Waals surface area contributed by atoms with Crippen molar-refractivity contribution in [1.29, 1.82) is 0 Å². The molecule has 0 rings (SSSR count). The number of carboxylic acid groups (broad SMARTS) is 1. The lowest BCUT2D eigenvalue weighted by Crippen LogP contribution is -2.40. The van der Waals surface area contributed by atoms with Gasteiger partial charge in [0.05, 0.1) is 0 Å². The van der Waals surface area contributed by atoms with Crippen molar-refractivity contribution in [3.8, 4) is 0 Å². The summed E-state index contributed by atoms with van der Waals surface area (Å²) >= 11 is 0. The van der Waals surface area contributed by atoms with Crippen LogP contribution in [0.5, 0.6) is 0 Å². The number of nitrogens with one attached hydrogen (secondary N) is 1. The molecule has 0 aromatic heterocycles. The van der Waals surface area contributed by atoms with Gasteiger partial charge in [-0.15, -0.1) is 0 Å². The number of hydrogen-bond acceptors (Lipinski definition) is 3. The smallest absolute Gasteiger partial charge is 0.326 e. The first kappa shape index (κ1) is 27.6. The van der Waals surface area contributed by atoms with Crippen LogP contribution in [0.3, 0.4) is 0 Å². The van der Waals surface area contributed by atoms with Crippen molar-refractivity contribution in [3.05, 3.63) is 12.2 Å². The fourth-order valence-electron chi connectivity index (χ4n) is 3.37. The number of rotatable bonds is 21. The van der Waals surface area contributed by atoms with Crippen LogP contribution >= 0.6 is 0 Å². The molecule has 0 aliphatic carbocycles. The molecular weight excluding hydrogens is 364 g/mol. The van der Waals surface area contributed by atoms with E-state index < -0.39 is 12.0 Å². The summed E-state index contributed by atoms with van der Waals surface area (Å²) in [7, 11) is 0. The first-order valence-electron chi connectivity index (χ1n) is 12.0. The predicted molar refractivity (Wildman–Crippen MR) is 122 cm³/mol. The Bertz CT molecular complexity index is 424. The molecule has 170 valence electrons. The molecule has 0 aliphatic rings. The topological polar surface area (TPSA) is 92.4 Å². The monoisotopic (exact) mass is 410 g/mol. The Balaban J connectivity index is 3.51. The van der Waals surface area contributed by atoms with Crippen molar-refractivity contribution in [2.75, 3.05) is 6.54 Å². The minimum absolute atomic E-state index is 0.150. The summed E-state index contributed by atoms with van der Waals surface area (Å²) in [5.74, 6) is -1.11. The maximum atomic E-state index is 11.9. The second kappa shape index (κ2) is 21.4. The second-order valence-corrected chi connectivity index (χ2v) is 8.08. The van der Waals surface area contributed by atoms with E-state index in [0.29, 0.717) is 19.4 Å². The van der Waals surface area contributed by atoms with Crippen LogP contribution in [0.4, 0.5) is 0 Å². The zero-order chi connectivity index (χ0) is 21.6. The first-order valence-corrected chi connectivity index (χ1v) is 12.0. The highest BCUT2D eigenvalue weighted by Gasteiger charge is 2.18. The average Bonchev–Trinajstić information content (AvgIpc) is 2.70. The molecule has 0 aromatic carbocycles. The van der Waals surface area contributed by atoms with Crippen LogP contribution < -0.4 is 11.1 Å². The molecule has 0 spiro atoms. The Morgan fingerprint density at radius 2 is 1.38 bits per heavy atom. The van der Waals surface area contributed by atoms with E-state index in [1.54, 1.807) is 0 Å². The molecule has 0 saturated carbocycles. The zero-order valence-electron chi connectivity index (χ0n) is 18.8. The molecule has 1 atom stereocenters. The molecule has 0 heterocycles. The van der Waals surface area contributed by atoms with Crippen molar-refractivity contribution in [3.63, 3.8) is 0 Å². The van der Waals surface area contributed by atoms with E-state index in [9.17, 15) is 14.7 Å². The van der Waals surface area contributed by atoms with Crippen LogP contribution in [-0.2, 0) is 9.59 Å². The predicted octanol–water partition coefficient (Wildman–Crippen LogP) is 5.72. The Morgan fingerprint density at radius 3 is 1.93 bits per heavy atom. The number of carbonyl (C=O) groups is 2. The second-order valence-electron chi connectivity index (χ2n) is 8.08. The maximum Gasteiger partial charge on any atom is 0.326 e. The third kappa shape index (κ3) is 19.7. The Morgan fingerprint density at radius 1 is 0.828 bits per heavy atom. The molecule has 5 nitrogen and oxygen atoms in total. The third-order valence-electron chi connectivity index (χ3n) is 5.25. The molecule has 0 aliphatic heterocycles. The summed E-state index contributed by atoms with van der Waals surface area (Å²) in [6.45, 7) is 2.80. The molecule has 5 heteroatoms. The van der Waals surface area contributed by atoms with Crippen molar-refractivity contribution in [2.24, 2.45) is 5.73 Å². The van der Waals surface area contributed by atoms with Gasteiger partial charge in [-0.05, 0) is 57.9 Å². The molecule has 1 amide bonds. The number of carboxylic acids is 1. The molecule has 0 aromatic rings. The van der Waals surface area contributed by atoms with E-state index in [1.165, 1.54) is 57.8 Å². The van der Waals surface area contributed by atoms with E-state index in [-0.39, 0.29) is 5.91 Å². The maximum absolute atomic E-state index is 11.9. The van der Waals surface area contributed by atoms with Crippen molar-refractivity contribution >= 4 is 11.9 Å². The van der Waals surface area contributed by atoms with Gasteiger partial charge in [0, 0.05) is 6.42 Å². The molecule has 0 fully saturated rings. The number of amides is 1. The van der Waals surface area contributed by atoms with Crippen LogP contribution in [0.25, 0.3) is 0 Å². The van der Waals surface area contributed by atoms with E-state index in [1.807, 2.05) is 0 Å². The van der Waals surface area contributed by atoms with Crippen LogP contribution in [0.15, 0.2) is 12.2 Å². The van der Waals surface area contributed by atoms with Gasteiger partial charge in [0.1, 0.15) is 6.04 Å². The fraction of sp³-hybridized carbons (Fsp3) is 0.833. The molecule has 4 N–H and O–H groups in total. The lowest BCUT2D eigenvalue weighted by atomic mass is 10.1. The van der Waals surface area contributed by atoms with E-state index in [2.05, 4.69) is 24.4 Å². The number of hydrogen-bond donors (Lipinski definition) is 3. The molecule has 0 saturated heterocycles. The summed E-state index contributed by atoms with van der Waals surface area (Å²) in [6.07, 6.45) is 22.9. The lowest BCUT2D eigenvalue weighted by Gasteiger charge is -2.14. The van der Waals surface area contributed by atoms with Crippen molar-refractivity contribution < 1.29 is 14.7 Å². The van der Waals surface area contributed by atoms with Crippen molar-refractivity contribution in [1.82, 2.24) is 5.32 Å². The highest BCUT2D eigenvalue weighted by molar-refractivity contribution is 5.83. The molecule has 0 radical (unpaired) electrons. The number of nitrogens with two attached hydrogens (primary N) is 1. The Kier molecular flexibility index (Phi) is 20.3. The lowest BCUT2D eigenvalue weighted by molar-refractivity contribution is -0.142. The first-order chi connectivity index (χ1) is 14.1. The number of allylic oxidation sites excluding steroid dienone is 2. The number of unbranched alkanes of at least 4 members (excludes halogenated alkanes) is 12. The van der Waals surface area contributed by atoms with Gasteiger partial charge in [-0.3, -0.25) is 4.79 Å². The summed E-state index contributed by atoms with van der Waals surface area (Å²) in [4.78, 5) is 23.1. The Labute approximate surface area is 178 Å². The van der Waals surface area contributed by atoms with Gasteiger partial charge >= 0.3 is 5.97 Å². The summed E-state index contributed by atoms with van der Waals surface area (Å²) in [5, 5.41) is 11.8. The highest BCUT2D eigenvalue weighted by atomic mass is 16.4. The standard InChI is InChI=1S/C24H46N2O3/c1-2-3-4-5-6-7-8-9-10-11-12-13-14-15-16-20-23(27)26-22(24(28)29)19-17-18-21-25/h9-10,22H,2-8,11-21,25H2,1H3,(H,26,27)(H,28,29)/t22-/m1/s1. The van der Waals surface area contributed by atoms with Crippen molar-refractivity contribution in [2.45, 2.75) is 122 Å². The van der Waals surface area contributed by atoms with Crippen LogP contribution in [0.2, 0.25) is 0 Å². The highest BCUT2D eigenvalue weighted by Crippen LogP contribution is 2.10. The van der Waals surface area contributed by atoms with Gasteiger partial charge in [0.15, 0.2) is 0 Å². The van der Waals surface area contributed by atoms with Gasteiger partial charge in [0.25, 0.3) is 0 Å². The zero-order valence-corrected chi connectivity index (χ0v) is 18.8. The summed E-state index contributed by atoms with van der Waals surface area (Å²) in [5.41, 5.74) is 5.42. The molecule has 29 heavy (non-hydrogen) atoms. The minimum Gasteiger partial charge on any atom is -0.480 e. The third-order valence-corrected chi connectivity index (χ3v) is 5.25. The Hall–Kier alpha value is -1.36. The number of carbonyl (C=O) groups excluding carboxylic acids is 1. The number of aliphatic carboxylic acids is 1. The normalized spacial score (nSPS) is 12.3. The quantitative estimate of drug-likeness (QED) is 0.167. The average molecular weight is 411 g/mol. The molecule has 0 bridgehead atoms. The van der Waals surface area contributed by atoms with E-state index >= 15 is 0 Å². The van der Waals surface area contributed by atoms with E-state index in [4.69, 9.17) is 5.73 Å². The van der Waals surface area contributed by atoms with Gasteiger partial charge in [-0.2, -0.15) is 0 Å². The molecular formula is C24H46N2O3. The molecule has 0 unspecified atom stereocenters. The largest absolute Gasteiger partial charge is 0.480 e. The van der Waals surface area contributed by atoms with E-state index in [0.717, 1.165) is 38.5 Å². The SMILES string of the molecule is CCCCCCCCC=CCCCCCCCC(=O)N[C@H](CCCCN)C(=O)O. The van der Waals surface area contributed by atoms with Crippen LogP contribution in [0.1, 0.15) is 116 Å². The fourth-order valence-corrected chi connectivity index (χ4v) is 3.37. The summed E-state index contributed by atoms with van der Waals surface area (Å²) < 4.78 is 0. The van der Waals surface area contributed by atoms with Gasteiger partial charge in [0.2, 0.25) is 5.91 Å². The van der Waals surface area contributed by atoms with Gasteiger partial charge < -0.3 is 16.2 Å². The van der Waals surface area contributed by atoms with Crippen LogP contribution in [0, 0.1) is 0 Å². The minimum atomic E-state index is -0.958. The van der Waals surface area contributed by atoms with Gasteiger partial charge in [-0.1, -0.05) is 70.4 Å². The van der Waals surface area contributed by atoms with Crippen LogP contribution in [-0.4, -0.2) is 29.6 Å². The van der Waals surface area contributed by atoms with Gasteiger partial charge in [-0.25, -0.2) is 4.79 Å².